The third-order valence-corrected chi connectivity index (χ3v) is 3.72. The van der Waals surface area contributed by atoms with Crippen molar-refractivity contribution in [1.29, 1.82) is 0 Å². The molecular formula is C14H14N4S. The molecule has 2 N–H and O–H groups in total. The molecule has 5 heteroatoms. The second kappa shape index (κ2) is 4.85. The van der Waals surface area contributed by atoms with Crippen molar-refractivity contribution >= 4 is 17.0 Å². The highest BCUT2D eigenvalue weighted by molar-refractivity contribution is 7.09. The number of anilines is 1. The van der Waals surface area contributed by atoms with Crippen molar-refractivity contribution in [2.45, 2.75) is 13.5 Å². The first-order valence-corrected chi connectivity index (χ1v) is 6.88. The second-order valence-electron chi connectivity index (χ2n) is 4.37. The molecule has 0 fully saturated rings. The molecule has 4 nitrogen and oxygen atoms in total. The summed E-state index contributed by atoms with van der Waals surface area (Å²) < 4.78 is 1.89. The average molecular weight is 270 g/mol. The van der Waals surface area contributed by atoms with E-state index in [4.69, 9.17) is 5.73 Å². The van der Waals surface area contributed by atoms with Gasteiger partial charge in [0.05, 0.1) is 23.4 Å². The van der Waals surface area contributed by atoms with Crippen LogP contribution in [0.2, 0.25) is 0 Å². The van der Waals surface area contributed by atoms with E-state index in [9.17, 15) is 0 Å². The Morgan fingerprint density at radius 1 is 1.32 bits per heavy atom. The van der Waals surface area contributed by atoms with Crippen molar-refractivity contribution in [2.75, 3.05) is 5.73 Å². The predicted molar refractivity (Wildman–Crippen MR) is 78.0 cm³/mol. The number of benzene rings is 1. The molecule has 0 radical (unpaired) electrons. The van der Waals surface area contributed by atoms with Crippen LogP contribution in [-0.4, -0.2) is 14.8 Å². The standard InChI is InChI=1S/C14H14N4S/c1-10-17-12(9-19-10)8-18-7-11(6-16-18)13-4-2-3-5-14(13)15/h2-7,9H,8,15H2,1H3. The van der Waals surface area contributed by atoms with Crippen molar-refractivity contribution in [2.24, 2.45) is 0 Å². The maximum Gasteiger partial charge on any atom is 0.0898 e. The van der Waals surface area contributed by atoms with Gasteiger partial charge in [0.15, 0.2) is 0 Å². The van der Waals surface area contributed by atoms with E-state index in [2.05, 4.69) is 15.5 Å². The number of hydrogen-bond acceptors (Lipinski definition) is 4. The molecule has 3 aromatic rings. The third-order valence-electron chi connectivity index (χ3n) is 2.90. The zero-order valence-electron chi connectivity index (χ0n) is 10.6. The van der Waals surface area contributed by atoms with Crippen LogP contribution in [-0.2, 0) is 6.54 Å². The van der Waals surface area contributed by atoms with Crippen LogP contribution < -0.4 is 5.73 Å². The first kappa shape index (κ1) is 11.9. The number of aryl methyl sites for hydroxylation is 1. The van der Waals surface area contributed by atoms with Crippen LogP contribution >= 0.6 is 11.3 Å². The number of aromatic nitrogens is 3. The molecule has 0 aliphatic carbocycles. The lowest BCUT2D eigenvalue weighted by atomic mass is 10.1. The van der Waals surface area contributed by atoms with E-state index < -0.39 is 0 Å². The van der Waals surface area contributed by atoms with Crippen molar-refractivity contribution < 1.29 is 0 Å². The van der Waals surface area contributed by atoms with Crippen LogP contribution in [0.25, 0.3) is 11.1 Å². The summed E-state index contributed by atoms with van der Waals surface area (Å²) in [6.07, 6.45) is 3.84. The quantitative estimate of drug-likeness (QED) is 0.744. The Balaban J connectivity index is 1.86. The Hall–Kier alpha value is -2.14. The molecule has 0 unspecified atom stereocenters. The summed E-state index contributed by atoms with van der Waals surface area (Å²) in [6, 6.07) is 7.81. The van der Waals surface area contributed by atoms with Gasteiger partial charge in [-0.2, -0.15) is 5.10 Å². The van der Waals surface area contributed by atoms with Crippen molar-refractivity contribution in [3.8, 4) is 11.1 Å². The average Bonchev–Trinajstić information content (AvgIpc) is 3.00. The van der Waals surface area contributed by atoms with E-state index in [1.807, 2.05) is 48.3 Å². The molecule has 19 heavy (non-hydrogen) atoms. The molecule has 0 atom stereocenters. The second-order valence-corrected chi connectivity index (χ2v) is 5.43. The third kappa shape index (κ3) is 2.51. The van der Waals surface area contributed by atoms with E-state index >= 15 is 0 Å². The highest BCUT2D eigenvalue weighted by Gasteiger charge is 2.06. The summed E-state index contributed by atoms with van der Waals surface area (Å²) in [4.78, 5) is 4.44. The lowest BCUT2D eigenvalue weighted by Gasteiger charge is -2.01. The Bertz CT molecular complexity index is 699. The van der Waals surface area contributed by atoms with E-state index in [1.165, 1.54) is 0 Å². The topological polar surface area (TPSA) is 56.7 Å². The number of nitrogens with zero attached hydrogens (tertiary/aromatic N) is 3. The Kier molecular flexibility index (Phi) is 3.05. The van der Waals surface area contributed by atoms with Gasteiger partial charge in [0.1, 0.15) is 0 Å². The first-order valence-electron chi connectivity index (χ1n) is 6.01. The molecule has 1 aromatic carbocycles. The summed E-state index contributed by atoms with van der Waals surface area (Å²) in [5.41, 5.74) is 9.83. The molecular weight excluding hydrogens is 256 g/mol. The maximum absolute atomic E-state index is 5.97. The van der Waals surface area contributed by atoms with Crippen molar-refractivity contribution in [1.82, 2.24) is 14.8 Å². The molecule has 2 heterocycles. The number of para-hydroxylation sites is 1. The van der Waals surface area contributed by atoms with Crippen LogP contribution in [0.15, 0.2) is 42.0 Å². The van der Waals surface area contributed by atoms with Crippen LogP contribution in [0.4, 0.5) is 5.69 Å². The predicted octanol–water partition coefficient (Wildman–Crippen LogP) is 2.95. The monoisotopic (exact) mass is 270 g/mol. The SMILES string of the molecule is Cc1nc(Cn2cc(-c3ccccc3N)cn2)cs1. The van der Waals surface area contributed by atoms with Gasteiger partial charge in [-0.3, -0.25) is 4.68 Å². The van der Waals surface area contributed by atoms with Crippen LogP contribution in [0.5, 0.6) is 0 Å². The van der Waals surface area contributed by atoms with E-state index in [1.54, 1.807) is 11.3 Å². The lowest BCUT2D eigenvalue weighted by molar-refractivity contribution is 0.675. The van der Waals surface area contributed by atoms with Gasteiger partial charge in [0.2, 0.25) is 0 Å². The Labute approximate surface area is 115 Å². The van der Waals surface area contributed by atoms with Gasteiger partial charge in [0, 0.05) is 28.4 Å². The maximum atomic E-state index is 5.97. The molecule has 0 spiro atoms. The number of hydrogen-bond donors (Lipinski definition) is 1. The molecule has 2 aromatic heterocycles. The fourth-order valence-electron chi connectivity index (χ4n) is 2.00. The minimum Gasteiger partial charge on any atom is -0.398 e. The van der Waals surface area contributed by atoms with Crippen LogP contribution in [0.1, 0.15) is 10.7 Å². The largest absolute Gasteiger partial charge is 0.398 e. The summed E-state index contributed by atoms with van der Waals surface area (Å²) >= 11 is 1.66. The summed E-state index contributed by atoms with van der Waals surface area (Å²) in [7, 11) is 0. The minimum atomic E-state index is 0.692. The van der Waals surface area contributed by atoms with Gasteiger partial charge in [-0.25, -0.2) is 4.98 Å². The zero-order valence-corrected chi connectivity index (χ0v) is 11.4. The highest BCUT2D eigenvalue weighted by atomic mass is 32.1. The van der Waals surface area contributed by atoms with Gasteiger partial charge in [-0.1, -0.05) is 18.2 Å². The number of nitrogens with two attached hydrogens (primary N) is 1. The summed E-state index contributed by atoms with van der Waals surface area (Å²) in [5.74, 6) is 0. The number of nitrogen functional groups attached to an aromatic ring is 1. The smallest absolute Gasteiger partial charge is 0.0898 e. The molecule has 0 amide bonds. The fourth-order valence-corrected chi connectivity index (χ4v) is 2.60. The molecule has 3 rings (SSSR count). The van der Waals surface area contributed by atoms with Gasteiger partial charge in [-0.15, -0.1) is 11.3 Å². The van der Waals surface area contributed by atoms with Crippen LogP contribution in [0, 0.1) is 6.92 Å². The van der Waals surface area contributed by atoms with Gasteiger partial charge in [0.25, 0.3) is 0 Å². The molecule has 96 valence electrons. The van der Waals surface area contributed by atoms with Gasteiger partial charge in [-0.05, 0) is 13.0 Å². The molecule has 0 saturated heterocycles. The van der Waals surface area contributed by atoms with Gasteiger partial charge < -0.3 is 5.73 Å². The van der Waals surface area contributed by atoms with E-state index in [0.717, 1.165) is 27.5 Å². The van der Waals surface area contributed by atoms with E-state index in [-0.39, 0.29) is 0 Å². The van der Waals surface area contributed by atoms with Crippen molar-refractivity contribution in [3.63, 3.8) is 0 Å². The molecule has 0 bridgehead atoms. The normalized spacial score (nSPS) is 10.8. The summed E-state index contributed by atoms with van der Waals surface area (Å²) in [5, 5.41) is 7.51. The van der Waals surface area contributed by atoms with Gasteiger partial charge >= 0.3 is 0 Å². The first-order chi connectivity index (χ1) is 9.22. The molecule has 0 aliphatic rings. The van der Waals surface area contributed by atoms with E-state index in [0.29, 0.717) is 6.54 Å². The Morgan fingerprint density at radius 3 is 2.89 bits per heavy atom. The molecule has 0 aliphatic heterocycles. The van der Waals surface area contributed by atoms with Crippen molar-refractivity contribution in [3.05, 3.63) is 52.7 Å². The number of thiazole rings is 1. The molecule has 0 saturated carbocycles. The number of rotatable bonds is 3. The summed E-state index contributed by atoms with van der Waals surface area (Å²) in [6.45, 7) is 2.70. The lowest BCUT2D eigenvalue weighted by Crippen LogP contribution is -1.99. The van der Waals surface area contributed by atoms with Crippen LogP contribution in [0.3, 0.4) is 0 Å². The highest BCUT2D eigenvalue weighted by Crippen LogP contribution is 2.24. The Morgan fingerprint density at radius 2 is 2.16 bits per heavy atom. The minimum absolute atomic E-state index is 0.692. The fraction of sp³-hybridized carbons (Fsp3) is 0.143. The zero-order chi connectivity index (χ0) is 13.2.